The molecule has 0 aliphatic heterocycles. The van der Waals surface area contributed by atoms with Gasteiger partial charge in [0.2, 0.25) is 0 Å². The van der Waals surface area contributed by atoms with E-state index in [1.54, 1.807) is 40.2 Å². The third kappa shape index (κ3) is 3.94. The second-order valence-electron chi connectivity index (χ2n) is 6.52. The Morgan fingerprint density at radius 1 is 1.21 bits per heavy atom. The average Bonchev–Trinajstić information content (AvgIpc) is 3.00. The number of ether oxygens (including phenoxy) is 2. The van der Waals surface area contributed by atoms with Crippen LogP contribution in [0.4, 0.5) is 0 Å². The maximum Gasteiger partial charge on any atom is 0.337 e. The van der Waals surface area contributed by atoms with E-state index >= 15 is 0 Å². The number of aryl methyl sites for hydroxylation is 3. The summed E-state index contributed by atoms with van der Waals surface area (Å²) < 4.78 is 12.2. The van der Waals surface area contributed by atoms with Crippen LogP contribution in [-0.2, 0) is 17.7 Å². The lowest BCUT2D eigenvalue weighted by atomic mass is 10.2. The summed E-state index contributed by atoms with van der Waals surface area (Å²) in [6.45, 7) is 7.04. The lowest BCUT2D eigenvalue weighted by molar-refractivity contribution is 0.0600. The Morgan fingerprint density at radius 3 is 2.57 bits per heavy atom. The predicted octanol–water partition coefficient (Wildman–Crippen LogP) is 3.89. The maximum atomic E-state index is 13.0. The highest BCUT2D eigenvalue weighted by molar-refractivity contribution is 7.18. The molecule has 28 heavy (non-hydrogen) atoms. The molecule has 0 unspecified atom stereocenters. The zero-order valence-electron chi connectivity index (χ0n) is 16.6. The molecule has 0 saturated heterocycles. The summed E-state index contributed by atoms with van der Waals surface area (Å²) in [5.41, 5.74) is 1.54. The summed E-state index contributed by atoms with van der Waals surface area (Å²) in [7, 11) is 1.35. The molecule has 6 nitrogen and oxygen atoms in total. The van der Waals surface area contributed by atoms with Crippen molar-refractivity contribution in [1.29, 1.82) is 0 Å². The van der Waals surface area contributed by atoms with Gasteiger partial charge in [0.25, 0.3) is 5.56 Å². The van der Waals surface area contributed by atoms with Crippen molar-refractivity contribution in [3.8, 4) is 5.75 Å². The zero-order chi connectivity index (χ0) is 20.3. The molecule has 0 atom stereocenters. The molecule has 1 aromatic carbocycles. The predicted molar refractivity (Wildman–Crippen MR) is 111 cm³/mol. The van der Waals surface area contributed by atoms with Gasteiger partial charge in [0.1, 0.15) is 16.4 Å². The van der Waals surface area contributed by atoms with Crippen LogP contribution in [0.2, 0.25) is 0 Å². The van der Waals surface area contributed by atoms with E-state index in [0.29, 0.717) is 37.3 Å². The molecule has 3 rings (SSSR count). The van der Waals surface area contributed by atoms with E-state index < -0.39 is 0 Å². The van der Waals surface area contributed by atoms with Crippen molar-refractivity contribution in [2.75, 3.05) is 13.7 Å². The lowest BCUT2D eigenvalue weighted by Gasteiger charge is -2.12. The van der Waals surface area contributed by atoms with Crippen LogP contribution in [0.1, 0.15) is 40.0 Å². The van der Waals surface area contributed by atoms with E-state index in [2.05, 4.69) is 4.74 Å². The first-order valence-corrected chi connectivity index (χ1v) is 10.1. The average molecular weight is 401 g/mol. The van der Waals surface area contributed by atoms with Crippen LogP contribution in [0.25, 0.3) is 10.2 Å². The number of esters is 1. The third-order valence-corrected chi connectivity index (χ3v) is 5.86. The van der Waals surface area contributed by atoms with Gasteiger partial charge in [-0.2, -0.15) is 0 Å². The van der Waals surface area contributed by atoms with Gasteiger partial charge in [0.05, 0.1) is 24.7 Å². The van der Waals surface area contributed by atoms with Crippen LogP contribution in [0.5, 0.6) is 5.75 Å². The van der Waals surface area contributed by atoms with Gasteiger partial charge in [-0.1, -0.05) is 6.92 Å². The molecule has 0 saturated carbocycles. The summed E-state index contributed by atoms with van der Waals surface area (Å²) >= 11 is 1.58. The highest BCUT2D eigenvalue weighted by Gasteiger charge is 2.15. The number of rotatable bonds is 7. The molecule has 0 radical (unpaired) electrons. The van der Waals surface area contributed by atoms with Gasteiger partial charge in [0, 0.05) is 17.8 Å². The van der Waals surface area contributed by atoms with Gasteiger partial charge in [-0.05, 0) is 50.1 Å². The van der Waals surface area contributed by atoms with Crippen molar-refractivity contribution in [1.82, 2.24) is 9.55 Å². The van der Waals surface area contributed by atoms with Crippen LogP contribution < -0.4 is 10.3 Å². The first-order valence-electron chi connectivity index (χ1n) is 9.26. The molecule has 3 aromatic rings. The van der Waals surface area contributed by atoms with E-state index in [-0.39, 0.29) is 11.5 Å². The number of carbonyl (C=O) groups excluding carboxylic acids is 1. The van der Waals surface area contributed by atoms with E-state index in [9.17, 15) is 9.59 Å². The number of aromatic nitrogens is 2. The highest BCUT2D eigenvalue weighted by Crippen LogP contribution is 2.26. The van der Waals surface area contributed by atoms with Gasteiger partial charge in [-0.15, -0.1) is 11.3 Å². The minimum atomic E-state index is -0.375. The van der Waals surface area contributed by atoms with Crippen molar-refractivity contribution >= 4 is 27.5 Å². The van der Waals surface area contributed by atoms with Crippen LogP contribution in [0.15, 0.2) is 29.1 Å². The number of fused-ring (bicyclic) bond motifs is 1. The van der Waals surface area contributed by atoms with Crippen molar-refractivity contribution < 1.29 is 14.3 Å². The summed E-state index contributed by atoms with van der Waals surface area (Å²) in [4.78, 5) is 31.1. The fourth-order valence-corrected chi connectivity index (χ4v) is 4.13. The molecular formula is C21H24N2O4S. The smallest absolute Gasteiger partial charge is 0.337 e. The number of carbonyl (C=O) groups is 1. The van der Waals surface area contributed by atoms with E-state index in [4.69, 9.17) is 9.72 Å². The third-order valence-electron chi connectivity index (χ3n) is 4.75. The SMILES string of the molecule is CCc1nc2sc(C)c(C)c2c(=O)n1CCCOc1ccc(C(=O)OC)cc1. The fourth-order valence-electron chi connectivity index (χ4n) is 3.09. The Hall–Kier alpha value is -2.67. The zero-order valence-corrected chi connectivity index (χ0v) is 17.4. The number of benzene rings is 1. The van der Waals surface area contributed by atoms with E-state index in [1.807, 2.05) is 20.8 Å². The van der Waals surface area contributed by atoms with Crippen LogP contribution >= 0.6 is 11.3 Å². The van der Waals surface area contributed by atoms with Crippen LogP contribution in [0, 0.1) is 13.8 Å². The van der Waals surface area contributed by atoms with Gasteiger partial charge < -0.3 is 9.47 Å². The Morgan fingerprint density at radius 2 is 1.93 bits per heavy atom. The molecule has 2 heterocycles. The van der Waals surface area contributed by atoms with Crippen molar-refractivity contribution in [3.63, 3.8) is 0 Å². The normalized spacial score (nSPS) is 11.0. The molecular weight excluding hydrogens is 376 g/mol. The molecule has 148 valence electrons. The van der Waals surface area contributed by atoms with Crippen molar-refractivity contribution in [2.24, 2.45) is 0 Å². The maximum absolute atomic E-state index is 13.0. The van der Waals surface area contributed by atoms with E-state index in [0.717, 1.165) is 26.5 Å². The number of hydrogen-bond acceptors (Lipinski definition) is 6. The summed E-state index contributed by atoms with van der Waals surface area (Å²) in [6, 6.07) is 6.81. The van der Waals surface area contributed by atoms with Crippen molar-refractivity contribution in [2.45, 2.75) is 40.2 Å². The van der Waals surface area contributed by atoms with Crippen molar-refractivity contribution in [3.05, 3.63) is 56.4 Å². The van der Waals surface area contributed by atoms with Gasteiger partial charge in [0.15, 0.2) is 0 Å². The molecule has 0 bridgehead atoms. The second-order valence-corrected chi connectivity index (χ2v) is 7.72. The topological polar surface area (TPSA) is 70.4 Å². The fraction of sp³-hybridized carbons (Fsp3) is 0.381. The molecule has 2 aromatic heterocycles. The largest absolute Gasteiger partial charge is 0.494 e. The Balaban J connectivity index is 1.68. The number of nitrogens with zero attached hydrogens (tertiary/aromatic N) is 2. The monoisotopic (exact) mass is 400 g/mol. The summed E-state index contributed by atoms with van der Waals surface area (Å²) in [6.07, 6.45) is 1.39. The number of methoxy groups -OCH3 is 1. The first kappa shape index (κ1) is 20.1. The Kier molecular flexibility index (Phi) is 6.14. The minimum absolute atomic E-state index is 0.0335. The lowest BCUT2D eigenvalue weighted by Crippen LogP contribution is -2.26. The minimum Gasteiger partial charge on any atom is -0.494 e. The molecule has 0 spiro atoms. The molecule has 0 fully saturated rings. The molecule has 0 aliphatic carbocycles. The first-order chi connectivity index (χ1) is 13.5. The Bertz CT molecular complexity index is 1050. The van der Waals surface area contributed by atoms with E-state index in [1.165, 1.54) is 7.11 Å². The number of thiophene rings is 1. The molecule has 0 amide bonds. The van der Waals surface area contributed by atoms with Gasteiger partial charge >= 0.3 is 5.97 Å². The summed E-state index contributed by atoms with van der Waals surface area (Å²) in [5, 5.41) is 0.735. The molecule has 0 N–H and O–H groups in total. The van der Waals surface area contributed by atoms with Gasteiger partial charge in [-0.3, -0.25) is 9.36 Å². The van der Waals surface area contributed by atoms with Gasteiger partial charge in [-0.25, -0.2) is 9.78 Å². The molecule has 7 heteroatoms. The quantitative estimate of drug-likeness (QED) is 0.444. The number of hydrogen-bond donors (Lipinski definition) is 0. The Labute approximate surface area is 167 Å². The van der Waals surface area contributed by atoms with Crippen LogP contribution in [-0.4, -0.2) is 29.2 Å². The molecule has 0 aliphatic rings. The van der Waals surface area contributed by atoms with Crippen LogP contribution in [0.3, 0.4) is 0 Å². The highest BCUT2D eigenvalue weighted by atomic mass is 32.1. The standard InChI is InChI=1S/C21H24N2O4S/c1-5-17-22-19-18(13(2)14(3)28-19)20(24)23(17)11-6-12-27-16-9-7-15(8-10-16)21(25)26-4/h7-10H,5-6,11-12H2,1-4H3. The summed E-state index contributed by atoms with van der Waals surface area (Å²) in [5.74, 6) is 1.11. The second kappa shape index (κ2) is 8.56.